The van der Waals surface area contributed by atoms with Crippen LogP contribution in [-0.2, 0) is 16.0 Å². The third-order valence-corrected chi connectivity index (χ3v) is 4.04. The molecular formula is C14H22N4O3. The maximum absolute atomic E-state index is 12.6. The summed E-state index contributed by atoms with van der Waals surface area (Å²) in [5.41, 5.74) is 0.216. The number of aromatic nitrogens is 2. The van der Waals surface area contributed by atoms with Gasteiger partial charge in [0.25, 0.3) is 0 Å². The number of aliphatic carboxylic acids is 1. The highest BCUT2D eigenvalue weighted by atomic mass is 16.4. The maximum Gasteiger partial charge on any atom is 0.326 e. The molecule has 1 fully saturated rings. The number of amides is 1. The summed E-state index contributed by atoms with van der Waals surface area (Å²) in [4.78, 5) is 30.7. The van der Waals surface area contributed by atoms with Crippen LogP contribution < -0.4 is 10.6 Å². The highest BCUT2D eigenvalue weighted by Gasteiger charge is 2.41. The van der Waals surface area contributed by atoms with Crippen molar-refractivity contribution in [3.05, 3.63) is 18.2 Å². The summed E-state index contributed by atoms with van der Waals surface area (Å²) in [7, 11) is 0. The van der Waals surface area contributed by atoms with Crippen molar-refractivity contribution >= 4 is 11.9 Å². The van der Waals surface area contributed by atoms with Gasteiger partial charge in [0.05, 0.1) is 11.7 Å². The van der Waals surface area contributed by atoms with Crippen molar-refractivity contribution in [3.63, 3.8) is 0 Å². The Labute approximate surface area is 123 Å². The standard InChI is InChI=1S/C14H22N4O3/c1-2-3-14(4-5-15-8-14)13(21)18-11(12(19)20)6-10-7-16-9-17-10/h7,9,11,15H,2-6,8H2,1H3,(H,16,17)(H,18,21)(H,19,20)/t11-,14?/m1/s1. The minimum absolute atomic E-state index is 0.165. The SMILES string of the molecule is CCCC1(C(=O)N[C@H](Cc2cnc[nH]2)C(=O)O)CCNC1. The zero-order valence-corrected chi connectivity index (χ0v) is 12.2. The topological polar surface area (TPSA) is 107 Å². The van der Waals surface area contributed by atoms with Gasteiger partial charge in [-0.2, -0.15) is 0 Å². The van der Waals surface area contributed by atoms with Gasteiger partial charge in [-0.15, -0.1) is 0 Å². The number of H-pyrrole nitrogens is 1. The van der Waals surface area contributed by atoms with Crippen molar-refractivity contribution in [3.8, 4) is 0 Å². The molecule has 1 amide bonds. The quantitative estimate of drug-likeness (QED) is 0.578. The van der Waals surface area contributed by atoms with Crippen molar-refractivity contribution in [1.29, 1.82) is 0 Å². The number of hydrogen-bond donors (Lipinski definition) is 4. The van der Waals surface area contributed by atoms with E-state index in [1.54, 1.807) is 6.20 Å². The molecule has 21 heavy (non-hydrogen) atoms. The maximum atomic E-state index is 12.6. The number of carbonyl (C=O) groups is 2. The molecule has 7 heteroatoms. The smallest absolute Gasteiger partial charge is 0.326 e. The fraction of sp³-hybridized carbons (Fsp3) is 0.643. The van der Waals surface area contributed by atoms with E-state index < -0.39 is 17.4 Å². The van der Waals surface area contributed by atoms with Crippen molar-refractivity contribution in [2.75, 3.05) is 13.1 Å². The Hall–Kier alpha value is -1.89. The second-order valence-electron chi connectivity index (χ2n) is 5.60. The molecule has 0 aliphatic carbocycles. The average Bonchev–Trinajstić information content (AvgIpc) is 3.10. The average molecular weight is 294 g/mol. The van der Waals surface area contributed by atoms with Crippen molar-refractivity contribution in [2.24, 2.45) is 5.41 Å². The Morgan fingerprint density at radius 3 is 2.90 bits per heavy atom. The molecule has 0 radical (unpaired) electrons. The second-order valence-corrected chi connectivity index (χ2v) is 5.60. The van der Waals surface area contributed by atoms with E-state index in [0.717, 1.165) is 25.8 Å². The number of carbonyl (C=O) groups excluding carboxylic acids is 1. The number of hydrogen-bond acceptors (Lipinski definition) is 4. The first-order valence-electron chi connectivity index (χ1n) is 7.29. The fourth-order valence-electron chi connectivity index (χ4n) is 2.87. The van der Waals surface area contributed by atoms with Crippen molar-refractivity contribution < 1.29 is 14.7 Å². The molecule has 0 bridgehead atoms. The van der Waals surface area contributed by atoms with E-state index in [1.165, 1.54) is 6.33 Å². The van der Waals surface area contributed by atoms with Crippen molar-refractivity contribution in [2.45, 2.75) is 38.6 Å². The van der Waals surface area contributed by atoms with Gasteiger partial charge >= 0.3 is 5.97 Å². The van der Waals surface area contributed by atoms with Crippen LogP contribution in [0.1, 0.15) is 31.9 Å². The predicted molar refractivity (Wildman–Crippen MR) is 76.7 cm³/mol. The van der Waals surface area contributed by atoms with Gasteiger partial charge in [0.2, 0.25) is 5.91 Å². The van der Waals surface area contributed by atoms with Gasteiger partial charge < -0.3 is 20.7 Å². The van der Waals surface area contributed by atoms with Crippen LogP contribution in [0.25, 0.3) is 0 Å². The van der Waals surface area contributed by atoms with E-state index in [-0.39, 0.29) is 12.3 Å². The van der Waals surface area contributed by atoms with Crippen LogP contribution in [-0.4, -0.2) is 46.1 Å². The van der Waals surface area contributed by atoms with Gasteiger partial charge in [-0.1, -0.05) is 13.3 Å². The van der Waals surface area contributed by atoms with Crippen LogP contribution >= 0.6 is 0 Å². The molecule has 116 valence electrons. The summed E-state index contributed by atoms with van der Waals surface area (Å²) < 4.78 is 0. The summed E-state index contributed by atoms with van der Waals surface area (Å²) in [5.74, 6) is -1.20. The van der Waals surface area contributed by atoms with E-state index in [4.69, 9.17) is 0 Å². The molecule has 0 aromatic carbocycles. The first kappa shape index (κ1) is 15.5. The molecule has 2 rings (SSSR count). The van der Waals surface area contributed by atoms with Crippen LogP contribution in [0.3, 0.4) is 0 Å². The highest BCUT2D eigenvalue weighted by Crippen LogP contribution is 2.31. The molecule has 0 spiro atoms. The lowest BCUT2D eigenvalue weighted by Gasteiger charge is -2.28. The number of aromatic amines is 1. The van der Waals surface area contributed by atoms with Crippen LogP contribution in [0.15, 0.2) is 12.5 Å². The molecule has 1 aliphatic heterocycles. The summed E-state index contributed by atoms with van der Waals surface area (Å²) in [6.07, 6.45) is 5.69. The van der Waals surface area contributed by atoms with E-state index >= 15 is 0 Å². The van der Waals surface area contributed by atoms with E-state index in [2.05, 4.69) is 20.6 Å². The Bertz CT molecular complexity index is 480. The highest BCUT2D eigenvalue weighted by molar-refractivity contribution is 5.88. The molecule has 1 aromatic rings. The molecule has 2 atom stereocenters. The summed E-state index contributed by atoms with van der Waals surface area (Å²) in [6, 6.07) is -0.938. The first-order valence-corrected chi connectivity index (χ1v) is 7.29. The van der Waals surface area contributed by atoms with Gasteiger partial charge in [0, 0.05) is 24.9 Å². The number of rotatable bonds is 7. The van der Waals surface area contributed by atoms with Gasteiger partial charge in [-0.25, -0.2) is 9.78 Å². The summed E-state index contributed by atoms with van der Waals surface area (Å²) >= 11 is 0. The third-order valence-electron chi connectivity index (χ3n) is 4.04. The Morgan fingerprint density at radius 2 is 2.38 bits per heavy atom. The first-order chi connectivity index (χ1) is 10.1. The number of carboxylic acids is 1. The molecule has 1 unspecified atom stereocenters. The number of imidazole rings is 1. The molecule has 1 aromatic heterocycles. The molecule has 1 saturated heterocycles. The predicted octanol–water partition coefficient (Wildman–Crippen LogP) is 0.301. The largest absolute Gasteiger partial charge is 0.480 e. The Morgan fingerprint density at radius 1 is 1.57 bits per heavy atom. The van der Waals surface area contributed by atoms with E-state index in [9.17, 15) is 14.7 Å². The Balaban J connectivity index is 2.05. The molecule has 4 N–H and O–H groups in total. The minimum atomic E-state index is -1.03. The molecule has 7 nitrogen and oxygen atoms in total. The van der Waals surface area contributed by atoms with Crippen molar-refractivity contribution in [1.82, 2.24) is 20.6 Å². The monoisotopic (exact) mass is 294 g/mol. The fourth-order valence-corrected chi connectivity index (χ4v) is 2.87. The lowest BCUT2D eigenvalue weighted by Crippen LogP contribution is -2.50. The Kier molecular flexibility index (Phi) is 4.95. The molecule has 1 aliphatic rings. The van der Waals surface area contributed by atoms with Crippen LogP contribution in [0.2, 0.25) is 0 Å². The zero-order valence-electron chi connectivity index (χ0n) is 12.2. The number of nitrogens with zero attached hydrogens (tertiary/aromatic N) is 1. The van der Waals surface area contributed by atoms with E-state index in [0.29, 0.717) is 12.2 Å². The lowest BCUT2D eigenvalue weighted by atomic mass is 9.81. The summed E-state index contributed by atoms with van der Waals surface area (Å²) in [6.45, 7) is 3.45. The lowest BCUT2D eigenvalue weighted by molar-refractivity contribution is -0.143. The van der Waals surface area contributed by atoms with Gasteiger partial charge in [-0.3, -0.25) is 4.79 Å². The number of nitrogens with one attached hydrogen (secondary N) is 3. The molecule has 2 heterocycles. The zero-order chi connectivity index (χ0) is 15.3. The van der Waals surface area contributed by atoms with Gasteiger partial charge in [-0.05, 0) is 19.4 Å². The molecule has 0 saturated carbocycles. The second kappa shape index (κ2) is 6.71. The van der Waals surface area contributed by atoms with E-state index in [1.807, 2.05) is 6.92 Å². The minimum Gasteiger partial charge on any atom is -0.480 e. The van der Waals surface area contributed by atoms with Gasteiger partial charge in [0.15, 0.2) is 0 Å². The molecular weight excluding hydrogens is 272 g/mol. The summed E-state index contributed by atoms with van der Waals surface area (Å²) in [5, 5.41) is 15.2. The van der Waals surface area contributed by atoms with Crippen LogP contribution in [0.5, 0.6) is 0 Å². The number of carboxylic acid groups (broad SMARTS) is 1. The van der Waals surface area contributed by atoms with Crippen LogP contribution in [0.4, 0.5) is 0 Å². The third kappa shape index (κ3) is 3.60. The van der Waals surface area contributed by atoms with Crippen LogP contribution in [0, 0.1) is 5.41 Å². The van der Waals surface area contributed by atoms with Gasteiger partial charge in [0.1, 0.15) is 6.04 Å². The normalized spacial score (nSPS) is 22.9.